The van der Waals surface area contributed by atoms with E-state index in [0.29, 0.717) is 6.04 Å². The molecular formula is C19H35N5. The maximum Gasteiger partial charge on any atom is 0.0967 e. The van der Waals surface area contributed by atoms with Gasteiger partial charge in [0.1, 0.15) is 0 Å². The van der Waals surface area contributed by atoms with Crippen molar-refractivity contribution < 1.29 is 0 Å². The van der Waals surface area contributed by atoms with Crippen LogP contribution >= 0.6 is 0 Å². The fraction of sp³-hybridized carbons (Fsp3) is 0.895. The zero-order chi connectivity index (χ0) is 16.8. The monoisotopic (exact) mass is 333 g/mol. The molecule has 0 aromatic carbocycles. The third kappa shape index (κ3) is 4.57. The first-order valence-corrected chi connectivity index (χ1v) is 10.2. The number of nitrogens with zero attached hydrogens (tertiary/aromatic N) is 5. The van der Waals surface area contributed by atoms with Crippen molar-refractivity contribution in [2.75, 3.05) is 26.2 Å². The van der Waals surface area contributed by atoms with Gasteiger partial charge in [-0.15, -0.1) is 5.10 Å². The smallest absolute Gasteiger partial charge is 0.0967 e. The molecule has 24 heavy (non-hydrogen) atoms. The normalized spacial score (nSPS) is 22.1. The summed E-state index contributed by atoms with van der Waals surface area (Å²) in [7, 11) is 0. The Morgan fingerprint density at radius 3 is 2.25 bits per heavy atom. The van der Waals surface area contributed by atoms with Crippen LogP contribution in [0.15, 0.2) is 6.20 Å². The van der Waals surface area contributed by atoms with Crippen LogP contribution in [-0.4, -0.2) is 57.0 Å². The summed E-state index contributed by atoms with van der Waals surface area (Å²) in [5.74, 6) is 0. The fourth-order valence-corrected chi connectivity index (χ4v) is 4.38. The Hall–Kier alpha value is -0.940. The number of hydrogen-bond acceptors (Lipinski definition) is 4. The Labute approximate surface area is 147 Å². The Bertz CT molecular complexity index is 466. The number of piperidine rings is 1. The van der Waals surface area contributed by atoms with Crippen LogP contribution in [0.3, 0.4) is 0 Å². The van der Waals surface area contributed by atoms with Crippen LogP contribution in [0.4, 0.5) is 0 Å². The minimum atomic E-state index is 0.546. The number of rotatable bonds is 6. The van der Waals surface area contributed by atoms with Gasteiger partial charge in [0.2, 0.25) is 0 Å². The number of hydrogen-bond donors (Lipinski definition) is 0. The van der Waals surface area contributed by atoms with Crippen molar-refractivity contribution >= 4 is 0 Å². The van der Waals surface area contributed by atoms with Gasteiger partial charge in [-0.05, 0) is 38.8 Å². The lowest BCUT2D eigenvalue weighted by Crippen LogP contribution is -2.41. The third-order valence-electron chi connectivity index (χ3n) is 6.05. The summed E-state index contributed by atoms with van der Waals surface area (Å²) in [5.41, 5.74) is 1.12. The highest BCUT2D eigenvalue weighted by Crippen LogP contribution is 2.28. The van der Waals surface area contributed by atoms with Crippen LogP contribution in [0.5, 0.6) is 0 Å². The van der Waals surface area contributed by atoms with E-state index in [1.165, 1.54) is 64.5 Å². The molecule has 0 N–H and O–H groups in total. The van der Waals surface area contributed by atoms with Gasteiger partial charge >= 0.3 is 0 Å². The summed E-state index contributed by atoms with van der Waals surface area (Å²) >= 11 is 0. The molecule has 0 spiro atoms. The first-order chi connectivity index (χ1) is 11.8. The highest BCUT2D eigenvalue weighted by Gasteiger charge is 2.27. The molecule has 0 atom stereocenters. The van der Waals surface area contributed by atoms with Gasteiger partial charge in [-0.2, -0.15) is 0 Å². The van der Waals surface area contributed by atoms with Gasteiger partial charge in [-0.3, -0.25) is 4.90 Å². The summed E-state index contributed by atoms with van der Waals surface area (Å²) in [5, 5.41) is 8.84. The summed E-state index contributed by atoms with van der Waals surface area (Å²) < 4.78 is 2.14. The summed E-state index contributed by atoms with van der Waals surface area (Å²) in [4.78, 5) is 5.15. The van der Waals surface area contributed by atoms with Gasteiger partial charge in [0.05, 0.1) is 17.9 Å². The lowest BCUT2D eigenvalue weighted by atomic mass is 10.00. The molecule has 0 bridgehead atoms. The van der Waals surface area contributed by atoms with Gasteiger partial charge < -0.3 is 4.90 Å². The Morgan fingerprint density at radius 1 is 0.958 bits per heavy atom. The van der Waals surface area contributed by atoms with E-state index >= 15 is 0 Å². The maximum atomic E-state index is 4.44. The summed E-state index contributed by atoms with van der Waals surface area (Å²) in [6, 6.07) is 1.40. The summed E-state index contributed by atoms with van der Waals surface area (Å²) in [6.07, 6.45) is 13.2. The second kappa shape index (κ2) is 8.95. The van der Waals surface area contributed by atoms with Crippen molar-refractivity contribution in [2.45, 2.75) is 83.8 Å². The van der Waals surface area contributed by atoms with Gasteiger partial charge in [0.25, 0.3) is 0 Å². The first-order valence-electron chi connectivity index (χ1n) is 10.2. The van der Waals surface area contributed by atoms with E-state index in [2.05, 4.69) is 44.8 Å². The molecule has 2 fully saturated rings. The lowest BCUT2D eigenvalue weighted by Gasteiger charge is -2.37. The molecule has 5 heteroatoms. The molecule has 1 aromatic rings. The quantitative estimate of drug-likeness (QED) is 0.747. The van der Waals surface area contributed by atoms with Crippen molar-refractivity contribution in [2.24, 2.45) is 0 Å². The molecule has 2 heterocycles. The van der Waals surface area contributed by atoms with Gasteiger partial charge in [-0.25, -0.2) is 4.68 Å². The average Bonchev–Trinajstić information content (AvgIpc) is 2.92. The zero-order valence-electron chi connectivity index (χ0n) is 15.7. The van der Waals surface area contributed by atoms with E-state index in [4.69, 9.17) is 0 Å². The van der Waals surface area contributed by atoms with Crippen molar-refractivity contribution in [3.05, 3.63) is 11.9 Å². The minimum absolute atomic E-state index is 0.546. The molecule has 0 unspecified atom stereocenters. The molecule has 0 amide bonds. The van der Waals surface area contributed by atoms with Crippen molar-refractivity contribution in [3.8, 4) is 0 Å². The third-order valence-corrected chi connectivity index (χ3v) is 6.05. The van der Waals surface area contributed by atoms with E-state index in [1.54, 1.807) is 0 Å². The molecule has 1 aromatic heterocycles. The van der Waals surface area contributed by atoms with E-state index in [0.717, 1.165) is 31.4 Å². The van der Waals surface area contributed by atoms with E-state index < -0.39 is 0 Å². The van der Waals surface area contributed by atoms with Crippen molar-refractivity contribution in [1.29, 1.82) is 0 Å². The Morgan fingerprint density at radius 2 is 1.62 bits per heavy atom. The predicted molar refractivity (Wildman–Crippen MR) is 98.0 cm³/mol. The van der Waals surface area contributed by atoms with Crippen molar-refractivity contribution in [1.82, 2.24) is 24.8 Å². The molecule has 5 nitrogen and oxygen atoms in total. The number of aromatic nitrogens is 3. The van der Waals surface area contributed by atoms with Crippen LogP contribution in [0, 0.1) is 0 Å². The average molecular weight is 334 g/mol. The minimum Gasteiger partial charge on any atom is -0.300 e. The SMILES string of the molecule is CCN(CC)Cc1cn(C2CCN(C3CCCCCC3)CC2)nn1. The lowest BCUT2D eigenvalue weighted by molar-refractivity contribution is 0.119. The van der Waals surface area contributed by atoms with Crippen LogP contribution in [0.25, 0.3) is 0 Å². The largest absolute Gasteiger partial charge is 0.300 e. The second-order valence-electron chi connectivity index (χ2n) is 7.56. The highest BCUT2D eigenvalue weighted by molar-refractivity contribution is 4.94. The second-order valence-corrected chi connectivity index (χ2v) is 7.56. The highest BCUT2D eigenvalue weighted by atomic mass is 15.4. The first kappa shape index (κ1) is 17.9. The maximum absolute atomic E-state index is 4.44. The van der Waals surface area contributed by atoms with E-state index in [1.807, 2.05) is 0 Å². The molecule has 1 aliphatic carbocycles. The molecule has 2 aliphatic rings. The molecule has 0 radical (unpaired) electrons. The van der Waals surface area contributed by atoms with Crippen LogP contribution in [0.1, 0.15) is 76.9 Å². The van der Waals surface area contributed by atoms with Crippen LogP contribution in [0.2, 0.25) is 0 Å². The number of likely N-dealkylation sites (tertiary alicyclic amines) is 1. The van der Waals surface area contributed by atoms with Gasteiger partial charge in [0.15, 0.2) is 0 Å². The molecule has 1 aliphatic heterocycles. The van der Waals surface area contributed by atoms with Gasteiger partial charge in [-0.1, -0.05) is 44.7 Å². The van der Waals surface area contributed by atoms with E-state index in [-0.39, 0.29) is 0 Å². The fourth-order valence-electron chi connectivity index (χ4n) is 4.38. The standard InChI is InChI=1S/C19H35N5/c1-3-22(4-2)15-17-16-24(21-20-17)19-11-13-23(14-12-19)18-9-7-5-6-8-10-18/h16,18-19H,3-15H2,1-2H3. The Balaban J connectivity index is 1.50. The zero-order valence-corrected chi connectivity index (χ0v) is 15.7. The molecule has 3 rings (SSSR count). The Kier molecular flexibility index (Phi) is 6.67. The van der Waals surface area contributed by atoms with Crippen molar-refractivity contribution in [3.63, 3.8) is 0 Å². The summed E-state index contributed by atoms with van der Waals surface area (Å²) in [6.45, 7) is 9.95. The predicted octanol–water partition coefficient (Wildman–Crippen LogP) is 3.48. The molecule has 136 valence electrons. The van der Waals surface area contributed by atoms with E-state index in [9.17, 15) is 0 Å². The molecule has 1 saturated heterocycles. The van der Waals surface area contributed by atoms with Crippen LogP contribution in [-0.2, 0) is 6.54 Å². The molecular weight excluding hydrogens is 298 g/mol. The van der Waals surface area contributed by atoms with Crippen LogP contribution < -0.4 is 0 Å². The topological polar surface area (TPSA) is 37.2 Å². The molecule has 1 saturated carbocycles. The van der Waals surface area contributed by atoms with Gasteiger partial charge in [0, 0.05) is 25.7 Å².